The molecule has 1 saturated heterocycles. The summed E-state index contributed by atoms with van der Waals surface area (Å²) in [7, 11) is 3.49. The van der Waals surface area contributed by atoms with Gasteiger partial charge in [0.05, 0.1) is 30.6 Å². The smallest absolute Gasteiger partial charge is 0.293 e. The van der Waals surface area contributed by atoms with Crippen molar-refractivity contribution >= 4 is 18.1 Å². The molecule has 0 bridgehead atoms. The molecule has 0 aliphatic carbocycles. The van der Waals surface area contributed by atoms with Gasteiger partial charge in [-0.2, -0.15) is 10.2 Å². The number of rotatable bonds is 9. The largest absolute Gasteiger partial charge is 0.383 e. The summed E-state index contributed by atoms with van der Waals surface area (Å²) in [6.07, 6.45) is 10.2. The Morgan fingerprint density at radius 2 is 1.85 bits per heavy atom. The van der Waals surface area contributed by atoms with Gasteiger partial charge in [-0.05, 0) is 49.7 Å². The van der Waals surface area contributed by atoms with Gasteiger partial charge in [-0.3, -0.25) is 24.6 Å². The van der Waals surface area contributed by atoms with Crippen molar-refractivity contribution in [2.24, 2.45) is 0 Å². The number of carbonyl (C=O) groups is 2. The molecular weight excluding hydrogens is 593 g/mol. The molecule has 1 fully saturated rings. The van der Waals surface area contributed by atoms with Crippen LogP contribution >= 0.6 is 0 Å². The minimum absolute atomic E-state index is 0.120. The van der Waals surface area contributed by atoms with Crippen LogP contribution in [0.25, 0.3) is 16.9 Å². The van der Waals surface area contributed by atoms with E-state index in [1.165, 1.54) is 12.3 Å². The first kappa shape index (κ1) is 37.1. The molecule has 4 N–H and O–H groups in total. The molecule has 0 radical (unpaired) electrons. The van der Waals surface area contributed by atoms with Crippen LogP contribution in [0.5, 0.6) is 0 Å². The van der Waals surface area contributed by atoms with E-state index in [0.717, 1.165) is 41.4 Å². The van der Waals surface area contributed by atoms with Crippen molar-refractivity contribution in [3.05, 3.63) is 95.6 Å². The van der Waals surface area contributed by atoms with Crippen molar-refractivity contribution in [3.8, 4) is 29.8 Å². The maximum Gasteiger partial charge on any atom is 0.293 e. The van der Waals surface area contributed by atoms with E-state index >= 15 is 0 Å². The highest BCUT2D eigenvalue weighted by Gasteiger charge is 2.22. The van der Waals surface area contributed by atoms with Crippen LogP contribution in [0.2, 0.25) is 0 Å². The molecule has 1 aliphatic heterocycles. The van der Waals surface area contributed by atoms with Gasteiger partial charge in [0.1, 0.15) is 17.3 Å². The number of para-hydroxylation sites is 1. The number of carbonyl (C=O) groups excluding carboxylic acids is 2. The number of pyridine rings is 1. The number of amides is 2. The zero-order chi connectivity index (χ0) is 33.9. The molecule has 13 heteroatoms. The van der Waals surface area contributed by atoms with E-state index in [-0.39, 0.29) is 17.6 Å². The third kappa shape index (κ3) is 10.8. The number of halogens is 1. The Morgan fingerprint density at radius 1 is 1.15 bits per heavy atom. The molecule has 1 unspecified atom stereocenters. The maximum atomic E-state index is 12.3. The average molecular weight is 634 g/mol. The van der Waals surface area contributed by atoms with Crippen molar-refractivity contribution in [2.75, 3.05) is 45.8 Å². The molecular formula is C33H40FN7O5. The van der Waals surface area contributed by atoms with Crippen LogP contribution in [0.15, 0.2) is 72.9 Å². The van der Waals surface area contributed by atoms with Gasteiger partial charge in [0, 0.05) is 44.6 Å². The number of anilines is 1. The first-order chi connectivity index (χ1) is 22.3. The number of nitrogens with one attached hydrogen (secondary N) is 3. The van der Waals surface area contributed by atoms with Crippen LogP contribution in [0, 0.1) is 32.5 Å². The second-order valence-electron chi connectivity index (χ2n) is 9.60. The first-order valence-electron chi connectivity index (χ1n) is 14.2. The van der Waals surface area contributed by atoms with Crippen LogP contribution in [0.1, 0.15) is 21.6 Å². The molecule has 5 rings (SSSR count). The van der Waals surface area contributed by atoms with Crippen LogP contribution in [0.3, 0.4) is 0 Å². The van der Waals surface area contributed by atoms with Crippen molar-refractivity contribution in [1.29, 1.82) is 0 Å². The fourth-order valence-electron chi connectivity index (χ4n) is 4.22. The fraction of sp³-hybridized carbons (Fsp3) is 0.273. The van der Waals surface area contributed by atoms with Gasteiger partial charge < -0.3 is 15.4 Å². The summed E-state index contributed by atoms with van der Waals surface area (Å²) in [5.74, 6) is 0.0690. The lowest BCUT2D eigenvalue weighted by atomic mass is 10.1. The van der Waals surface area contributed by atoms with Crippen LogP contribution in [-0.2, 0) is 14.4 Å². The Kier molecular flexibility index (Phi) is 16.1. The quantitative estimate of drug-likeness (QED) is 0.0938. The first-order valence-corrected chi connectivity index (χ1v) is 14.2. The highest BCUT2D eigenvalue weighted by Crippen LogP contribution is 2.30. The van der Waals surface area contributed by atoms with Crippen LogP contribution in [0.4, 0.5) is 10.2 Å². The Balaban J connectivity index is 0.000000277. The standard InChI is InChI=1S/C17H17N5O2.C7H7F.C7H14N2O3.C2H2/c1-11-15(12-8-9-19-14(10-12)17(23)21-24)20-22(16(11)18-2)13-6-4-3-5-7-13;1-6-4-2-3-5-7(6)8;1-11-3-2-9-4-7(5-12-9)8-6-10;1-2/h3-10,18,24H,1-2H3,(H,21,23);2-5H,1H3;6-7H,2-5H2,1H3,(H,8,10);1-2H. The molecule has 1 atom stereocenters. The second kappa shape index (κ2) is 20.0. The SMILES string of the molecule is C#C.CNc1c(C)c(-c2ccnc(C(=O)NO)c2)nn1-c1ccccc1.COCCN1CC(NC=O)CO1.Cc1ccccc1F. The number of methoxy groups -OCH3 is 1. The number of nitrogens with zero attached hydrogens (tertiary/aromatic N) is 4. The topological polar surface area (TPSA) is 143 Å². The van der Waals surface area contributed by atoms with Crippen LogP contribution < -0.4 is 16.1 Å². The Morgan fingerprint density at radius 3 is 2.43 bits per heavy atom. The summed E-state index contributed by atoms with van der Waals surface area (Å²) in [4.78, 5) is 30.8. The molecule has 2 aromatic heterocycles. The van der Waals surface area contributed by atoms with Gasteiger partial charge in [-0.15, -0.1) is 12.8 Å². The summed E-state index contributed by atoms with van der Waals surface area (Å²) in [6.45, 7) is 6.39. The predicted octanol–water partition coefficient (Wildman–Crippen LogP) is 3.78. The number of ether oxygens (including phenoxy) is 1. The summed E-state index contributed by atoms with van der Waals surface area (Å²) in [5, 5.41) is 21.1. The van der Waals surface area contributed by atoms with Crippen LogP contribution in [-0.4, -0.2) is 83.9 Å². The summed E-state index contributed by atoms with van der Waals surface area (Å²) in [5.41, 5.74) is 5.76. The number of hydrogen-bond donors (Lipinski definition) is 4. The van der Waals surface area contributed by atoms with E-state index in [2.05, 4.69) is 33.6 Å². The van der Waals surface area contributed by atoms with Gasteiger partial charge in [-0.25, -0.2) is 14.6 Å². The van der Waals surface area contributed by atoms with E-state index in [9.17, 15) is 14.0 Å². The lowest BCUT2D eigenvalue weighted by molar-refractivity contribution is -0.118. The molecule has 2 amide bonds. The zero-order valence-electron chi connectivity index (χ0n) is 26.3. The van der Waals surface area contributed by atoms with E-state index < -0.39 is 5.91 Å². The fourth-order valence-corrected chi connectivity index (χ4v) is 4.22. The number of aromatic nitrogens is 3. The summed E-state index contributed by atoms with van der Waals surface area (Å²) in [6, 6.07) is 20.0. The lowest BCUT2D eigenvalue weighted by Crippen LogP contribution is -2.33. The predicted molar refractivity (Wildman–Crippen MR) is 174 cm³/mol. The van der Waals surface area contributed by atoms with E-state index in [4.69, 9.17) is 14.8 Å². The summed E-state index contributed by atoms with van der Waals surface area (Å²) < 4.78 is 19.0. The molecule has 46 heavy (non-hydrogen) atoms. The average Bonchev–Trinajstić information content (AvgIpc) is 3.70. The third-order valence-electron chi connectivity index (χ3n) is 6.53. The van der Waals surface area contributed by atoms with E-state index in [1.54, 1.807) is 48.8 Å². The van der Waals surface area contributed by atoms with Crippen molar-refractivity contribution in [2.45, 2.75) is 19.9 Å². The maximum absolute atomic E-state index is 12.3. The van der Waals surface area contributed by atoms with Crippen molar-refractivity contribution in [1.82, 2.24) is 30.6 Å². The molecule has 12 nitrogen and oxygen atoms in total. The minimum Gasteiger partial charge on any atom is -0.383 e. The third-order valence-corrected chi connectivity index (χ3v) is 6.53. The molecule has 0 spiro atoms. The van der Waals surface area contributed by atoms with E-state index in [1.807, 2.05) is 55.1 Å². The van der Waals surface area contributed by atoms with Gasteiger partial charge in [0.2, 0.25) is 6.41 Å². The zero-order valence-corrected chi connectivity index (χ0v) is 26.3. The Bertz CT molecular complexity index is 1510. The van der Waals surface area contributed by atoms with Gasteiger partial charge in [0.15, 0.2) is 0 Å². The lowest BCUT2D eigenvalue weighted by Gasteiger charge is -2.12. The minimum atomic E-state index is -0.661. The number of hydroxylamine groups is 3. The molecule has 0 saturated carbocycles. The number of aryl methyl sites for hydroxylation is 1. The molecule has 3 heterocycles. The normalized spacial score (nSPS) is 13.4. The number of benzene rings is 2. The molecule has 244 valence electrons. The molecule has 1 aliphatic rings. The van der Waals surface area contributed by atoms with Gasteiger partial charge in [0.25, 0.3) is 5.91 Å². The van der Waals surface area contributed by atoms with Crippen molar-refractivity contribution < 1.29 is 28.8 Å². The summed E-state index contributed by atoms with van der Waals surface area (Å²) >= 11 is 0. The highest BCUT2D eigenvalue weighted by atomic mass is 19.1. The number of terminal acetylenes is 1. The Hall–Kier alpha value is -5.13. The highest BCUT2D eigenvalue weighted by molar-refractivity contribution is 5.92. The van der Waals surface area contributed by atoms with E-state index in [0.29, 0.717) is 25.2 Å². The second-order valence-corrected chi connectivity index (χ2v) is 9.60. The Labute approximate surface area is 268 Å². The molecule has 2 aromatic carbocycles. The van der Waals surface area contributed by atoms with Crippen molar-refractivity contribution in [3.63, 3.8) is 0 Å². The monoisotopic (exact) mass is 633 g/mol. The number of hydrogen-bond acceptors (Lipinski definition) is 9. The van der Waals surface area contributed by atoms with Gasteiger partial charge >= 0.3 is 0 Å². The van der Waals surface area contributed by atoms with Gasteiger partial charge in [-0.1, -0.05) is 36.4 Å². The molecule has 4 aromatic rings.